The van der Waals surface area contributed by atoms with E-state index in [-0.39, 0.29) is 18.4 Å². The van der Waals surface area contributed by atoms with Crippen molar-refractivity contribution in [1.29, 1.82) is 0 Å². The molecule has 2 rings (SSSR count). The number of anilines is 2. The number of carbonyl (C=O) groups excluding carboxylic acids is 2. The lowest BCUT2D eigenvalue weighted by molar-refractivity contribution is -0.129. The number of nitrogens with one attached hydrogen (secondary N) is 2. The first-order valence-electron chi connectivity index (χ1n) is 7.79. The van der Waals surface area contributed by atoms with Gasteiger partial charge in [-0.1, -0.05) is 17.3 Å². The molecule has 0 radical (unpaired) electrons. The Hall–Kier alpha value is -2.83. The molecule has 0 unspecified atom stereocenters. The molecule has 7 heteroatoms. The summed E-state index contributed by atoms with van der Waals surface area (Å²) in [4.78, 5) is 25.1. The molecule has 0 aliphatic carbocycles. The predicted molar refractivity (Wildman–Crippen MR) is 91.6 cm³/mol. The Labute approximate surface area is 141 Å². The number of benzene rings is 1. The van der Waals surface area contributed by atoms with Crippen LogP contribution in [0.3, 0.4) is 0 Å². The highest BCUT2D eigenvalue weighted by molar-refractivity contribution is 5.92. The second kappa shape index (κ2) is 8.14. The molecular formula is C17H22N4O3. The summed E-state index contributed by atoms with van der Waals surface area (Å²) in [5.41, 5.74) is 2.52. The maximum atomic E-state index is 11.9. The minimum atomic E-state index is -0.226. The van der Waals surface area contributed by atoms with Gasteiger partial charge in [-0.3, -0.25) is 14.9 Å². The summed E-state index contributed by atoms with van der Waals surface area (Å²) in [6.07, 6.45) is 0. The fraction of sp³-hybridized carbons (Fsp3) is 0.353. The molecule has 0 saturated heterocycles. The lowest BCUT2D eigenvalue weighted by atomic mass is 10.2. The maximum Gasteiger partial charge on any atom is 0.246 e. The largest absolute Gasteiger partial charge is 0.376 e. The van der Waals surface area contributed by atoms with Crippen LogP contribution in [0.4, 0.5) is 11.6 Å². The predicted octanol–water partition coefficient (Wildman–Crippen LogP) is 2.40. The van der Waals surface area contributed by atoms with E-state index in [0.717, 1.165) is 11.3 Å². The Morgan fingerprint density at radius 2 is 2.08 bits per heavy atom. The highest BCUT2D eigenvalue weighted by Crippen LogP contribution is 2.13. The van der Waals surface area contributed by atoms with Crippen LogP contribution >= 0.6 is 0 Å². The van der Waals surface area contributed by atoms with Gasteiger partial charge in [0.15, 0.2) is 0 Å². The van der Waals surface area contributed by atoms with Crippen LogP contribution < -0.4 is 10.6 Å². The first-order valence-corrected chi connectivity index (χ1v) is 7.79. The van der Waals surface area contributed by atoms with E-state index in [1.807, 2.05) is 31.2 Å². The lowest BCUT2D eigenvalue weighted by Crippen LogP contribution is -2.27. The summed E-state index contributed by atoms with van der Waals surface area (Å²) < 4.78 is 4.94. The molecule has 2 N–H and O–H groups in total. The Bertz CT molecular complexity index is 711. The van der Waals surface area contributed by atoms with Gasteiger partial charge in [-0.15, -0.1) is 0 Å². The summed E-state index contributed by atoms with van der Waals surface area (Å²) in [6.45, 7) is 6.59. The molecule has 0 aliphatic rings. The van der Waals surface area contributed by atoms with E-state index in [0.29, 0.717) is 24.7 Å². The average molecular weight is 330 g/mol. The Morgan fingerprint density at radius 1 is 1.29 bits per heavy atom. The number of aromatic nitrogens is 1. The van der Waals surface area contributed by atoms with Crippen LogP contribution in [0.2, 0.25) is 0 Å². The smallest absolute Gasteiger partial charge is 0.246 e. The summed E-state index contributed by atoms with van der Waals surface area (Å²) in [6, 6.07) is 9.30. The van der Waals surface area contributed by atoms with Crippen LogP contribution in [0.5, 0.6) is 0 Å². The standard InChI is InChI=1S/C17H22N4O3/c1-4-21(13(3)22)11-14-6-5-7-15(9-14)18-10-16(23)19-17-8-12(2)20-24-17/h5-9,18H,4,10-11H2,1-3H3,(H,19,23). The van der Waals surface area contributed by atoms with Gasteiger partial charge in [0.05, 0.1) is 12.2 Å². The molecule has 7 nitrogen and oxygen atoms in total. The van der Waals surface area contributed by atoms with Gasteiger partial charge in [0.1, 0.15) is 0 Å². The third-order valence-corrected chi connectivity index (χ3v) is 3.47. The van der Waals surface area contributed by atoms with E-state index >= 15 is 0 Å². The lowest BCUT2D eigenvalue weighted by Gasteiger charge is -2.19. The quantitative estimate of drug-likeness (QED) is 0.814. The zero-order valence-corrected chi connectivity index (χ0v) is 14.1. The van der Waals surface area contributed by atoms with Crippen LogP contribution in [-0.2, 0) is 16.1 Å². The van der Waals surface area contributed by atoms with Crippen molar-refractivity contribution in [2.75, 3.05) is 23.7 Å². The first kappa shape index (κ1) is 17.5. The fourth-order valence-electron chi connectivity index (χ4n) is 2.23. The molecule has 0 atom stereocenters. The summed E-state index contributed by atoms with van der Waals surface area (Å²) >= 11 is 0. The van der Waals surface area contributed by atoms with E-state index in [1.54, 1.807) is 24.8 Å². The van der Waals surface area contributed by atoms with Crippen molar-refractivity contribution in [2.45, 2.75) is 27.3 Å². The number of hydrogen-bond donors (Lipinski definition) is 2. The van der Waals surface area contributed by atoms with Crippen LogP contribution in [0.25, 0.3) is 0 Å². The highest BCUT2D eigenvalue weighted by atomic mass is 16.5. The number of rotatable bonds is 7. The van der Waals surface area contributed by atoms with Gasteiger partial charge < -0.3 is 14.7 Å². The van der Waals surface area contributed by atoms with Crippen molar-refractivity contribution in [2.24, 2.45) is 0 Å². The molecule has 24 heavy (non-hydrogen) atoms. The van der Waals surface area contributed by atoms with Gasteiger partial charge in [-0.2, -0.15) is 0 Å². The van der Waals surface area contributed by atoms with Crippen molar-refractivity contribution in [3.05, 3.63) is 41.6 Å². The molecule has 0 fully saturated rings. The van der Waals surface area contributed by atoms with E-state index in [1.165, 1.54) is 0 Å². The van der Waals surface area contributed by atoms with Crippen molar-refractivity contribution < 1.29 is 14.1 Å². The van der Waals surface area contributed by atoms with Crippen LogP contribution in [0.1, 0.15) is 25.1 Å². The van der Waals surface area contributed by atoms with Gasteiger partial charge in [0, 0.05) is 31.8 Å². The van der Waals surface area contributed by atoms with Gasteiger partial charge in [0.25, 0.3) is 0 Å². The van der Waals surface area contributed by atoms with E-state index in [9.17, 15) is 9.59 Å². The maximum absolute atomic E-state index is 11.9. The van der Waals surface area contributed by atoms with Gasteiger partial charge in [-0.25, -0.2) is 0 Å². The number of hydrogen-bond acceptors (Lipinski definition) is 5. The van der Waals surface area contributed by atoms with E-state index < -0.39 is 0 Å². The summed E-state index contributed by atoms with van der Waals surface area (Å²) in [5, 5.41) is 9.38. The van der Waals surface area contributed by atoms with E-state index in [2.05, 4.69) is 15.8 Å². The van der Waals surface area contributed by atoms with E-state index in [4.69, 9.17) is 4.52 Å². The van der Waals surface area contributed by atoms with Crippen LogP contribution in [0, 0.1) is 6.92 Å². The second-order valence-corrected chi connectivity index (χ2v) is 5.47. The van der Waals surface area contributed by atoms with Crippen LogP contribution in [0.15, 0.2) is 34.9 Å². The molecule has 1 heterocycles. The average Bonchev–Trinajstić information content (AvgIpc) is 2.95. The minimum Gasteiger partial charge on any atom is -0.376 e. The molecule has 1 aromatic carbocycles. The van der Waals surface area contributed by atoms with Gasteiger partial charge in [-0.05, 0) is 31.5 Å². The van der Waals surface area contributed by atoms with Crippen molar-refractivity contribution >= 4 is 23.4 Å². The number of carbonyl (C=O) groups is 2. The van der Waals surface area contributed by atoms with Crippen LogP contribution in [-0.4, -0.2) is 35.0 Å². The Morgan fingerprint density at radius 3 is 2.71 bits per heavy atom. The number of aryl methyl sites for hydroxylation is 1. The van der Waals surface area contributed by atoms with Crippen molar-refractivity contribution in [1.82, 2.24) is 10.1 Å². The Balaban J connectivity index is 1.89. The molecule has 128 valence electrons. The van der Waals surface area contributed by atoms with Gasteiger partial charge in [0.2, 0.25) is 17.7 Å². The van der Waals surface area contributed by atoms with Crippen molar-refractivity contribution in [3.8, 4) is 0 Å². The fourth-order valence-corrected chi connectivity index (χ4v) is 2.23. The molecule has 0 saturated carbocycles. The second-order valence-electron chi connectivity index (χ2n) is 5.47. The molecular weight excluding hydrogens is 308 g/mol. The van der Waals surface area contributed by atoms with Crippen molar-refractivity contribution in [3.63, 3.8) is 0 Å². The molecule has 0 aliphatic heterocycles. The summed E-state index contributed by atoms with van der Waals surface area (Å²) in [7, 11) is 0. The zero-order chi connectivity index (χ0) is 17.5. The highest BCUT2D eigenvalue weighted by Gasteiger charge is 2.09. The molecule has 1 aromatic heterocycles. The normalized spacial score (nSPS) is 10.3. The third-order valence-electron chi connectivity index (χ3n) is 3.47. The number of amides is 2. The zero-order valence-electron chi connectivity index (χ0n) is 14.1. The molecule has 2 aromatic rings. The monoisotopic (exact) mass is 330 g/mol. The summed E-state index contributed by atoms with van der Waals surface area (Å²) in [5.74, 6) is 0.140. The third kappa shape index (κ3) is 5.12. The first-order chi connectivity index (χ1) is 11.5. The Kier molecular flexibility index (Phi) is 5.95. The SMILES string of the molecule is CCN(Cc1cccc(NCC(=O)Nc2cc(C)no2)c1)C(C)=O. The molecule has 0 bridgehead atoms. The number of nitrogens with zero attached hydrogens (tertiary/aromatic N) is 2. The molecule has 0 spiro atoms. The minimum absolute atomic E-state index is 0.0394. The molecule has 2 amide bonds. The topological polar surface area (TPSA) is 87.5 Å². The van der Waals surface area contributed by atoms with Gasteiger partial charge >= 0.3 is 0 Å².